The highest BCUT2D eigenvalue weighted by molar-refractivity contribution is 5.57. The second-order valence-corrected chi connectivity index (χ2v) is 5.39. The van der Waals surface area contributed by atoms with Crippen LogP contribution in [0.4, 0.5) is 4.39 Å². The van der Waals surface area contributed by atoms with Crippen LogP contribution in [0, 0.1) is 31.5 Å². The molecule has 0 aliphatic rings. The number of hydrogen-bond donors (Lipinski definition) is 0. The Labute approximate surface area is 135 Å². The van der Waals surface area contributed by atoms with Crippen LogP contribution in [0.5, 0.6) is 0 Å². The Kier molecular flexibility index (Phi) is 4.16. The molecule has 0 amide bonds. The van der Waals surface area contributed by atoms with E-state index in [2.05, 4.69) is 21.8 Å². The third-order valence-corrected chi connectivity index (χ3v) is 3.40. The fraction of sp³-hybridized carbons (Fsp3) is 0.100. The molecule has 0 N–H and O–H groups in total. The van der Waals surface area contributed by atoms with E-state index in [0.29, 0.717) is 17.0 Å². The zero-order valence-electron chi connectivity index (χ0n) is 13.0. The van der Waals surface area contributed by atoms with E-state index in [-0.39, 0.29) is 5.82 Å². The van der Waals surface area contributed by atoms with E-state index in [1.165, 1.54) is 11.6 Å². The monoisotopic (exact) mass is 302 g/mol. The normalized spacial score (nSPS) is 10.0. The van der Waals surface area contributed by atoms with E-state index in [1.807, 2.05) is 38.1 Å². The number of rotatable bonds is 1. The molecule has 0 bridgehead atoms. The quantitative estimate of drug-likeness (QED) is 0.626. The summed E-state index contributed by atoms with van der Waals surface area (Å²) in [4.78, 5) is 8.41. The van der Waals surface area contributed by atoms with Gasteiger partial charge in [0, 0.05) is 23.5 Å². The third-order valence-electron chi connectivity index (χ3n) is 3.40. The lowest BCUT2D eigenvalue weighted by Crippen LogP contribution is -1.91. The Balaban J connectivity index is 1.88. The Bertz CT molecular complexity index is 886. The van der Waals surface area contributed by atoms with E-state index in [9.17, 15) is 4.39 Å². The largest absolute Gasteiger partial charge is 0.236 e. The van der Waals surface area contributed by atoms with Crippen LogP contribution in [-0.2, 0) is 0 Å². The first-order valence-corrected chi connectivity index (χ1v) is 7.29. The minimum Gasteiger partial charge on any atom is -0.236 e. The molecule has 0 spiro atoms. The highest BCUT2D eigenvalue weighted by atomic mass is 19.1. The molecule has 0 aliphatic heterocycles. The number of benzene rings is 2. The topological polar surface area (TPSA) is 25.8 Å². The first-order chi connectivity index (χ1) is 11.1. The van der Waals surface area contributed by atoms with E-state index >= 15 is 0 Å². The van der Waals surface area contributed by atoms with Gasteiger partial charge in [0.2, 0.25) is 0 Å². The Morgan fingerprint density at radius 3 is 2.17 bits per heavy atom. The first kappa shape index (κ1) is 14.9. The summed E-state index contributed by atoms with van der Waals surface area (Å²) in [5, 5.41) is 0. The van der Waals surface area contributed by atoms with Gasteiger partial charge >= 0.3 is 0 Å². The highest BCUT2D eigenvalue weighted by Gasteiger charge is 2.05. The van der Waals surface area contributed by atoms with E-state index in [0.717, 1.165) is 11.1 Å². The molecule has 23 heavy (non-hydrogen) atoms. The number of halogens is 1. The van der Waals surface area contributed by atoms with Gasteiger partial charge < -0.3 is 0 Å². The van der Waals surface area contributed by atoms with Gasteiger partial charge in [0.25, 0.3) is 0 Å². The van der Waals surface area contributed by atoms with Crippen LogP contribution < -0.4 is 0 Å². The van der Waals surface area contributed by atoms with Gasteiger partial charge in [-0.3, -0.25) is 0 Å². The Morgan fingerprint density at radius 1 is 0.826 bits per heavy atom. The summed E-state index contributed by atoms with van der Waals surface area (Å²) < 4.78 is 14.2. The maximum atomic E-state index is 14.2. The molecule has 2 nitrogen and oxygen atoms in total. The van der Waals surface area contributed by atoms with Gasteiger partial charge in [-0.25, -0.2) is 14.4 Å². The van der Waals surface area contributed by atoms with Gasteiger partial charge in [-0.15, -0.1) is 0 Å². The molecule has 0 radical (unpaired) electrons. The van der Waals surface area contributed by atoms with Gasteiger partial charge in [0.15, 0.2) is 5.82 Å². The number of aromatic nitrogens is 2. The third kappa shape index (κ3) is 3.61. The molecule has 1 heterocycles. The molecule has 0 atom stereocenters. The van der Waals surface area contributed by atoms with Crippen molar-refractivity contribution in [2.24, 2.45) is 0 Å². The first-order valence-electron chi connectivity index (χ1n) is 7.29. The van der Waals surface area contributed by atoms with Crippen molar-refractivity contribution >= 4 is 0 Å². The van der Waals surface area contributed by atoms with Crippen LogP contribution >= 0.6 is 0 Å². The van der Waals surface area contributed by atoms with Gasteiger partial charge in [0.05, 0.1) is 5.56 Å². The molecular weight excluding hydrogens is 287 g/mol. The zero-order chi connectivity index (χ0) is 16.2. The van der Waals surface area contributed by atoms with Crippen LogP contribution in [0.15, 0.2) is 54.9 Å². The second-order valence-electron chi connectivity index (χ2n) is 5.39. The Hall–Kier alpha value is -2.99. The van der Waals surface area contributed by atoms with E-state index < -0.39 is 0 Å². The lowest BCUT2D eigenvalue weighted by atomic mass is 10.1. The molecular formula is C20H15FN2. The van der Waals surface area contributed by atoms with Crippen LogP contribution in [-0.4, -0.2) is 9.97 Å². The van der Waals surface area contributed by atoms with Gasteiger partial charge in [-0.2, -0.15) is 0 Å². The summed E-state index contributed by atoms with van der Waals surface area (Å²) >= 11 is 0. The van der Waals surface area contributed by atoms with Crippen LogP contribution in [0.25, 0.3) is 11.4 Å². The molecule has 1 aromatic heterocycles. The number of aryl methyl sites for hydroxylation is 2. The molecule has 0 saturated heterocycles. The van der Waals surface area contributed by atoms with Crippen molar-refractivity contribution in [2.45, 2.75) is 13.8 Å². The minimum atomic E-state index is -0.369. The standard InChI is InChI=1S/C20H15FN2/c1-14-3-5-16(6-4-14)7-8-17-9-10-18(11-19(17)21)20-22-12-15(2)13-23-20/h3-6,9-13H,1-2H3. The van der Waals surface area contributed by atoms with Crippen molar-refractivity contribution in [3.05, 3.63) is 82.9 Å². The molecule has 3 aromatic rings. The average molecular weight is 302 g/mol. The molecule has 0 aliphatic carbocycles. The van der Waals surface area contributed by atoms with E-state index in [1.54, 1.807) is 24.5 Å². The van der Waals surface area contributed by atoms with Crippen LogP contribution in [0.2, 0.25) is 0 Å². The molecule has 0 saturated carbocycles. The number of nitrogens with zero attached hydrogens (tertiary/aromatic N) is 2. The second kappa shape index (κ2) is 6.41. The van der Waals surface area contributed by atoms with Crippen LogP contribution in [0.1, 0.15) is 22.3 Å². The summed E-state index contributed by atoms with van der Waals surface area (Å²) in [6.45, 7) is 3.93. The van der Waals surface area contributed by atoms with Crippen molar-refractivity contribution in [1.82, 2.24) is 9.97 Å². The van der Waals surface area contributed by atoms with Crippen LogP contribution in [0.3, 0.4) is 0 Å². The fourth-order valence-electron chi connectivity index (χ4n) is 2.07. The van der Waals surface area contributed by atoms with Gasteiger partial charge in [0.1, 0.15) is 5.82 Å². The summed E-state index contributed by atoms with van der Waals surface area (Å²) in [6, 6.07) is 12.7. The fourth-order valence-corrected chi connectivity index (χ4v) is 2.07. The van der Waals surface area contributed by atoms with Crippen molar-refractivity contribution in [1.29, 1.82) is 0 Å². The molecule has 3 heteroatoms. The van der Waals surface area contributed by atoms with E-state index in [4.69, 9.17) is 0 Å². The lowest BCUT2D eigenvalue weighted by Gasteiger charge is -2.02. The minimum absolute atomic E-state index is 0.362. The van der Waals surface area contributed by atoms with Crippen molar-refractivity contribution in [3.8, 4) is 23.2 Å². The summed E-state index contributed by atoms with van der Waals surface area (Å²) in [5.74, 6) is 5.98. The van der Waals surface area contributed by atoms with Crippen molar-refractivity contribution in [2.75, 3.05) is 0 Å². The average Bonchev–Trinajstić information content (AvgIpc) is 2.56. The molecule has 2 aromatic carbocycles. The molecule has 3 rings (SSSR count). The Morgan fingerprint density at radius 2 is 1.52 bits per heavy atom. The maximum Gasteiger partial charge on any atom is 0.159 e. The summed E-state index contributed by atoms with van der Waals surface area (Å²) in [7, 11) is 0. The summed E-state index contributed by atoms with van der Waals surface area (Å²) in [6.07, 6.45) is 3.43. The zero-order valence-corrected chi connectivity index (χ0v) is 13.0. The smallest absolute Gasteiger partial charge is 0.159 e. The predicted octanol–water partition coefficient (Wildman–Crippen LogP) is 4.30. The van der Waals surface area contributed by atoms with Crippen molar-refractivity contribution in [3.63, 3.8) is 0 Å². The maximum absolute atomic E-state index is 14.2. The molecule has 112 valence electrons. The SMILES string of the molecule is Cc1ccc(C#Cc2ccc(-c3ncc(C)cn3)cc2F)cc1. The molecule has 0 fully saturated rings. The molecule has 0 unspecified atom stereocenters. The van der Waals surface area contributed by atoms with Gasteiger partial charge in [-0.1, -0.05) is 29.5 Å². The highest BCUT2D eigenvalue weighted by Crippen LogP contribution is 2.18. The predicted molar refractivity (Wildman–Crippen MR) is 89.3 cm³/mol. The summed E-state index contributed by atoms with van der Waals surface area (Å²) in [5.41, 5.74) is 4.00. The van der Waals surface area contributed by atoms with Crippen molar-refractivity contribution < 1.29 is 4.39 Å². The number of hydrogen-bond acceptors (Lipinski definition) is 2. The lowest BCUT2D eigenvalue weighted by molar-refractivity contribution is 0.624. The van der Waals surface area contributed by atoms with Gasteiger partial charge in [-0.05, 0) is 49.7 Å².